The van der Waals surface area contributed by atoms with Gasteiger partial charge >= 0.3 is 13.8 Å². The van der Waals surface area contributed by atoms with E-state index < -0.39 is 13.8 Å². The molecule has 94 valence electrons. The van der Waals surface area contributed by atoms with Gasteiger partial charge in [0.05, 0.1) is 12.8 Å². The van der Waals surface area contributed by atoms with Crippen LogP contribution in [0.5, 0.6) is 0 Å². The van der Waals surface area contributed by atoms with Crippen molar-refractivity contribution in [3.63, 3.8) is 0 Å². The monoisotopic (exact) mass is 259 g/mol. The highest BCUT2D eigenvalue weighted by Crippen LogP contribution is 2.52. The van der Waals surface area contributed by atoms with Crippen LogP contribution in [-0.4, -0.2) is 27.4 Å². The van der Waals surface area contributed by atoms with Crippen LogP contribution in [0.4, 0.5) is 10.5 Å². The topological polar surface area (TPSA) is 65.1 Å². The van der Waals surface area contributed by atoms with Gasteiger partial charge in [0.2, 0.25) is 0 Å². The second-order valence-electron chi connectivity index (χ2n) is 2.95. The number of rotatable bonds is 4. The van der Waals surface area contributed by atoms with Gasteiger partial charge in [-0.2, -0.15) is 4.67 Å². The average Bonchev–Trinajstić information content (AvgIpc) is 2.39. The normalized spacial score (nSPS) is 11.0. The highest BCUT2D eigenvalue weighted by molar-refractivity contribution is 7.56. The Morgan fingerprint density at radius 2 is 1.65 bits per heavy atom. The van der Waals surface area contributed by atoms with E-state index in [1.54, 1.807) is 30.3 Å². The molecule has 0 unspecified atom stereocenters. The van der Waals surface area contributed by atoms with Gasteiger partial charge in [-0.1, -0.05) is 18.2 Å². The lowest BCUT2D eigenvalue weighted by Gasteiger charge is -2.26. The first-order valence-electron chi connectivity index (χ1n) is 4.74. The molecule has 0 saturated heterocycles. The van der Waals surface area contributed by atoms with Crippen LogP contribution in [0.25, 0.3) is 0 Å². The molecule has 0 aliphatic rings. The van der Waals surface area contributed by atoms with E-state index >= 15 is 0 Å². The molecule has 6 nitrogen and oxygen atoms in total. The minimum absolute atomic E-state index is 0.367. The molecule has 17 heavy (non-hydrogen) atoms. The van der Waals surface area contributed by atoms with Crippen LogP contribution in [0.3, 0.4) is 0 Å². The maximum absolute atomic E-state index is 12.2. The molecule has 0 aliphatic heterocycles. The first-order valence-corrected chi connectivity index (χ1v) is 6.23. The Labute approximate surface area is 99.7 Å². The van der Waals surface area contributed by atoms with E-state index in [-0.39, 0.29) is 0 Å². The second-order valence-corrected chi connectivity index (χ2v) is 5.02. The maximum atomic E-state index is 12.2. The molecular weight excluding hydrogens is 245 g/mol. The Hall–Kier alpha value is -1.36. The highest BCUT2D eigenvalue weighted by Gasteiger charge is 2.37. The van der Waals surface area contributed by atoms with Crippen molar-refractivity contribution >= 4 is 19.5 Å². The third-order valence-electron chi connectivity index (χ3n) is 2.05. The van der Waals surface area contributed by atoms with Gasteiger partial charge in [-0.05, 0) is 12.1 Å². The standard InChI is InChI=1S/C10H14NO5P/c1-14-10(12)11(17(13,15-2)16-3)9-7-5-4-6-8-9/h4-8H,1-3H3. The van der Waals surface area contributed by atoms with Gasteiger partial charge in [0.15, 0.2) is 0 Å². The Bertz CT molecular complexity index is 414. The molecule has 1 amide bonds. The third kappa shape index (κ3) is 2.85. The lowest BCUT2D eigenvalue weighted by atomic mass is 10.3. The summed E-state index contributed by atoms with van der Waals surface area (Å²) in [4.78, 5) is 11.6. The zero-order valence-corrected chi connectivity index (χ0v) is 10.7. The minimum atomic E-state index is -3.73. The van der Waals surface area contributed by atoms with E-state index in [1.165, 1.54) is 21.3 Å². The summed E-state index contributed by atoms with van der Waals surface area (Å²) in [5, 5.41) is 0. The summed E-state index contributed by atoms with van der Waals surface area (Å²) in [6.45, 7) is 0. The molecule has 7 heteroatoms. The fraction of sp³-hybridized carbons (Fsp3) is 0.300. The summed E-state index contributed by atoms with van der Waals surface area (Å²) in [7, 11) is -0.143. The number of benzene rings is 1. The molecule has 0 aromatic heterocycles. The number of carbonyl (C=O) groups excluding carboxylic acids is 1. The van der Waals surface area contributed by atoms with Crippen LogP contribution >= 0.6 is 7.75 Å². The van der Waals surface area contributed by atoms with Crippen LogP contribution in [0.15, 0.2) is 30.3 Å². The van der Waals surface area contributed by atoms with Crippen molar-refractivity contribution < 1.29 is 23.1 Å². The number of ether oxygens (including phenoxy) is 1. The van der Waals surface area contributed by atoms with Gasteiger partial charge in [-0.25, -0.2) is 9.36 Å². The van der Waals surface area contributed by atoms with E-state index in [4.69, 9.17) is 9.05 Å². The molecule has 0 fully saturated rings. The zero-order valence-electron chi connectivity index (χ0n) is 9.82. The Kier molecular flexibility index (Phi) is 4.69. The molecule has 1 aromatic rings. The zero-order chi connectivity index (χ0) is 12.9. The fourth-order valence-electron chi connectivity index (χ4n) is 1.24. The summed E-state index contributed by atoms with van der Waals surface area (Å²) < 4.78 is 27.2. The number of hydrogen-bond donors (Lipinski definition) is 0. The van der Waals surface area contributed by atoms with Crippen molar-refractivity contribution in [2.24, 2.45) is 0 Å². The van der Waals surface area contributed by atoms with Crippen LogP contribution < -0.4 is 4.67 Å². The molecule has 1 aromatic carbocycles. The number of hydrogen-bond acceptors (Lipinski definition) is 5. The van der Waals surface area contributed by atoms with Crippen LogP contribution in [0.2, 0.25) is 0 Å². The molecule has 0 radical (unpaired) electrons. The molecule has 0 N–H and O–H groups in total. The second kappa shape index (κ2) is 5.82. The number of carbonyl (C=O) groups is 1. The van der Waals surface area contributed by atoms with Crippen molar-refractivity contribution in [1.29, 1.82) is 0 Å². The van der Waals surface area contributed by atoms with E-state index in [9.17, 15) is 9.36 Å². The van der Waals surface area contributed by atoms with Crippen LogP contribution in [0.1, 0.15) is 0 Å². The molecule has 1 rings (SSSR count). The predicted molar refractivity (Wildman–Crippen MR) is 63.0 cm³/mol. The highest BCUT2D eigenvalue weighted by atomic mass is 31.2. The van der Waals surface area contributed by atoms with Gasteiger partial charge in [0, 0.05) is 14.2 Å². The smallest absolute Gasteiger partial charge is 0.444 e. The van der Waals surface area contributed by atoms with Crippen molar-refractivity contribution in [3.8, 4) is 0 Å². The van der Waals surface area contributed by atoms with Crippen LogP contribution in [0, 0.1) is 0 Å². The number of amides is 1. The first kappa shape index (κ1) is 13.7. The SMILES string of the molecule is COC(=O)N(c1ccccc1)P(=O)(OC)OC. The lowest BCUT2D eigenvalue weighted by molar-refractivity contribution is 0.178. The van der Waals surface area contributed by atoms with Gasteiger partial charge in [-0.3, -0.25) is 9.05 Å². The van der Waals surface area contributed by atoms with Gasteiger partial charge in [0.25, 0.3) is 0 Å². The molecule has 0 saturated carbocycles. The number of para-hydroxylation sites is 1. The van der Waals surface area contributed by atoms with Gasteiger partial charge in [0.1, 0.15) is 0 Å². The average molecular weight is 259 g/mol. The largest absolute Gasteiger partial charge is 0.452 e. The molecule has 0 spiro atoms. The summed E-state index contributed by atoms with van der Waals surface area (Å²) in [5.41, 5.74) is 0.367. The third-order valence-corrected chi connectivity index (χ3v) is 3.86. The Balaban J connectivity index is 3.23. The summed E-state index contributed by atoms with van der Waals surface area (Å²) >= 11 is 0. The maximum Gasteiger partial charge on any atom is 0.444 e. The first-order chi connectivity index (χ1) is 8.09. The van der Waals surface area contributed by atoms with Gasteiger partial charge < -0.3 is 4.74 Å². The quantitative estimate of drug-likeness (QED) is 0.778. The number of methoxy groups -OCH3 is 1. The van der Waals surface area contributed by atoms with Crippen LogP contribution in [-0.2, 0) is 18.3 Å². The molecule has 0 atom stereocenters. The van der Waals surface area contributed by atoms with Crippen molar-refractivity contribution in [2.75, 3.05) is 26.0 Å². The fourth-order valence-corrected chi connectivity index (χ4v) is 2.41. The van der Waals surface area contributed by atoms with E-state index in [0.717, 1.165) is 4.67 Å². The summed E-state index contributed by atoms with van der Waals surface area (Å²) in [6, 6.07) is 8.36. The predicted octanol–water partition coefficient (Wildman–Crippen LogP) is 2.66. The van der Waals surface area contributed by atoms with Crippen molar-refractivity contribution in [2.45, 2.75) is 0 Å². The summed E-state index contributed by atoms with van der Waals surface area (Å²) in [5.74, 6) is 0. The lowest BCUT2D eigenvalue weighted by Crippen LogP contribution is -2.28. The molecule has 0 bridgehead atoms. The Morgan fingerprint density at radius 1 is 1.12 bits per heavy atom. The van der Waals surface area contributed by atoms with E-state index in [1.807, 2.05) is 0 Å². The summed E-state index contributed by atoms with van der Waals surface area (Å²) in [6.07, 6.45) is -0.816. The van der Waals surface area contributed by atoms with E-state index in [0.29, 0.717) is 5.69 Å². The minimum Gasteiger partial charge on any atom is -0.452 e. The molecule has 0 heterocycles. The molecule has 0 aliphatic carbocycles. The van der Waals surface area contributed by atoms with Crippen molar-refractivity contribution in [3.05, 3.63) is 30.3 Å². The molecular formula is C10H14NO5P. The van der Waals surface area contributed by atoms with Crippen molar-refractivity contribution in [1.82, 2.24) is 0 Å². The van der Waals surface area contributed by atoms with E-state index in [2.05, 4.69) is 4.74 Å². The Morgan fingerprint density at radius 3 is 2.06 bits per heavy atom. The number of nitrogens with zero attached hydrogens (tertiary/aromatic N) is 1. The number of anilines is 1. The van der Waals surface area contributed by atoms with Gasteiger partial charge in [-0.15, -0.1) is 0 Å².